The average molecular weight is 850 g/mol. The summed E-state index contributed by atoms with van der Waals surface area (Å²) in [5.41, 5.74) is 0. The summed E-state index contributed by atoms with van der Waals surface area (Å²) in [6.07, 6.45) is 24.3. The van der Waals surface area contributed by atoms with Gasteiger partial charge in [0, 0.05) is 58.1 Å². The number of rotatable bonds is 31. The number of ether oxygens (including phenoxy) is 2. The number of hydrogen-bond donors (Lipinski definition) is 2. The van der Waals surface area contributed by atoms with E-state index in [2.05, 4.69) is 52.5 Å². The van der Waals surface area contributed by atoms with Gasteiger partial charge in [-0.25, -0.2) is 9.97 Å². The zero-order valence-electron chi connectivity index (χ0n) is 27.5. The Morgan fingerprint density at radius 2 is 0.826 bits per heavy atom. The van der Waals surface area contributed by atoms with Crippen LogP contribution in [0.1, 0.15) is 103 Å². The number of hydrogen-bond acceptors (Lipinski definition) is 8. The fourth-order valence-electron chi connectivity index (χ4n) is 4.67. The van der Waals surface area contributed by atoms with Gasteiger partial charge in [0.1, 0.15) is 0 Å². The third kappa shape index (κ3) is 29.0. The van der Waals surface area contributed by atoms with E-state index in [1.54, 1.807) is 12.4 Å². The quantitative estimate of drug-likeness (QED) is 0.0574. The minimum atomic E-state index is 0. The summed E-state index contributed by atoms with van der Waals surface area (Å²) in [6.45, 7) is 6.10. The predicted octanol–water partition coefficient (Wildman–Crippen LogP) is 11.1. The van der Waals surface area contributed by atoms with Crippen molar-refractivity contribution in [2.45, 2.75) is 103 Å². The van der Waals surface area contributed by atoms with Crippen molar-refractivity contribution in [3.05, 3.63) is 45.6 Å². The summed E-state index contributed by atoms with van der Waals surface area (Å²) in [5.74, 6) is 3.83. The Morgan fingerprint density at radius 3 is 1.17 bits per heavy atom. The van der Waals surface area contributed by atoms with E-state index < -0.39 is 0 Å². The summed E-state index contributed by atoms with van der Waals surface area (Å²) >= 11 is 6.79. The second kappa shape index (κ2) is 34.9. The van der Waals surface area contributed by atoms with E-state index in [4.69, 9.17) is 9.47 Å². The topological polar surface area (TPSA) is 68.3 Å². The number of nitrogens with one attached hydrogen (secondary N) is 2. The fourth-order valence-corrected chi connectivity index (χ4v) is 7.04. The Kier molecular flexibility index (Phi) is 35.0. The second-order valence-electron chi connectivity index (χ2n) is 11.1. The summed E-state index contributed by atoms with van der Waals surface area (Å²) in [6, 6.07) is 7.75. The molecule has 0 atom stereocenters. The highest BCUT2D eigenvalue weighted by atomic mass is 79.9. The first kappa shape index (κ1) is 46.1. The first-order chi connectivity index (χ1) is 21.7. The van der Waals surface area contributed by atoms with Crippen LogP contribution in [0.25, 0.3) is 0 Å². The third-order valence-corrected chi connectivity index (χ3v) is 10.6. The van der Waals surface area contributed by atoms with Crippen molar-refractivity contribution in [2.24, 2.45) is 0 Å². The number of aromatic nitrogens is 2. The molecule has 6 nitrogen and oxygen atoms in total. The van der Waals surface area contributed by atoms with Crippen LogP contribution in [0.5, 0.6) is 11.8 Å². The number of halogens is 4. The average Bonchev–Trinajstić information content (AvgIpc) is 3.03. The smallest absolute Gasteiger partial charge is 0.213 e. The molecule has 0 saturated heterocycles. The summed E-state index contributed by atoms with van der Waals surface area (Å²) in [5, 5.41) is 7.21. The molecule has 266 valence electrons. The first-order valence-electron chi connectivity index (χ1n) is 16.9. The molecule has 2 aromatic heterocycles. The van der Waals surface area contributed by atoms with E-state index in [1.165, 1.54) is 101 Å². The molecule has 0 fully saturated rings. The molecule has 0 aliphatic heterocycles. The first-order valence-corrected chi connectivity index (χ1v) is 21.0. The van der Waals surface area contributed by atoms with Crippen molar-refractivity contribution >= 4 is 78.3 Å². The summed E-state index contributed by atoms with van der Waals surface area (Å²) in [7, 11) is 4.01. The maximum Gasteiger partial charge on any atom is 0.213 e. The van der Waals surface area contributed by atoms with E-state index in [-0.39, 0.29) is 24.8 Å². The van der Waals surface area contributed by atoms with Crippen molar-refractivity contribution < 1.29 is 9.47 Å². The van der Waals surface area contributed by atoms with Crippen molar-refractivity contribution in [2.75, 3.05) is 50.9 Å². The van der Waals surface area contributed by atoms with Crippen molar-refractivity contribution in [3.63, 3.8) is 0 Å². The maximum atomic E-state index is 5.68. The molecule has 0 saturated carbocycles. The Hall–Kier alpha value is 0.0600. The minimum Gasteiger partial charge on any atom is -0.478 e. The van der Waals surface area contributed by atoms with Gasteiger partial charge in [0.25, 0.3) is 0 Å². The molecule has 0 aliphatic carbocycles. The van der Waals surface area contributed by atoms with Gasteiger partial charge in [-0.15, -0.1) is 24.8 Å². The van der Waals surface area contributed by atoms with Crippen LogP contribution in [0.3, 0.4) is 0 Å². The lowest BCUT2D eigenvalue weighted by atomic mass is 10.1. The van der Waals surface area contributed by atoms with Gasteiger partial charge in [0.15, 0.2) is 0 Å². The lowest BCUT2D eigenvalue weighted by Crippen LogP contribution is -2.19. The Morgan fingerprint density at radius 1 is 0.478 bits per heavy atom. The molecule has 0 unspecified atom stereocenters. The summed E-state index contributed by atoms with van der Waals surface area (Å²) < 4.78 is 13.3. The van der Waals surface area contributed by atoms with E-state index >= 15 is 0 Å². The normalized spacial score (nSPS) is 10.7. The molecule has 2 rings (SSSR count). The van der Waals surface area contributed by atoms with Gasteiger partial charge in [-0.05, 0) is 82.8 Å². The minimum absolute atomic E-state index is 0. The van der Waals surface area contributed by atoms with Crippen molar-refractivity contribution in [1.82, 2.24) is 20.6 Å². The lowest BCUT2D eigenvalue weighted by Gasteiger charge is -2.07. The van der Waals surface area contributed by atoms with Gasteiger partial charge >= 0.3 is 0 Å². The van der Waals surface area contributed by atoms with Gasteiger partial charge in [-0.3, -0.25) is 0 Å². The van der Waals surface area contributed by atoms with Crippen LogP contribution in [0.2, 0.25) is 0 Å². The van der Waals surface area contributed by atoms with Gasteiger partial charge in [-0.1, -0.05) is 98.6 Å². The van der Waals surface area contributed by atoms with Gasteiger partial charge in [-0.2, -0.15) is 0 Å². The van der Waals surface area contributed by atoms with E-state index in [0.717, 1.165) is 72.9 Å². The molecular formula is C34H58Br2Cl2N4O2S2. The molecule has 0 aliphatic rings. The Labute approximate surface area is 317 Å². The van der Waals surface area contributed by atoms with E-state index in [0.29, 0.717) is 0 Å². The summed E-state index contributed by atoms with van der Waals surface area (Å²) in [4.78, 5) is 8.48. The third-order valence-electron chi connectivity index (χ3n) is 7.20. The van der Waals surface area contributed by atoms with Gasteiger partial charge < -0.3 is 20.1 Å². The van der Waals surface area contributed by atoms with Crippen LogP contribution >= 0.6 is 78.3 Å². The molecule has 12 heteroatoms. The Balaban J connectivity index is 0.0000101. The zero-order valence-corrected chi connectivity index (χ0v) is 34.0. The Bertz CT molecular complexity index is 836. The molecular weight excluding hydrogens is 791 g/mol. The SMILES string of the molecule is Brc1ccc(OCCCCCCCCCCNCCSSCCNCCCCCCCCCCOc2ccc(Br)cn2)nc1.Cl.Cl. The standard InChI is InChI=1S/C34H56Br2N4O2S2.2ClH/c35-31-17-19-33(39-29-31)41-25-15-11-7-3-1-5-9-13-21-37-23-27-43-44-28-24-38-22-14-10-6-2-4-8-12-16-26-42-34-20-18-32(36)30-40-34;;/h17-20,29-30,37-38H,1-16,21-28H2;2*1H. The molecule has 2 aromatic rings. The largest absolute Gasteiger partial charge is 0.478 e. The maximum absolute atomic E-state index is 5.68. The van der Waals surface area contributed by atoms with Crippen molar-refractivity contribution in [1.29, 1.82) is 0 Å². The molecule has 2 heterocycles. The molecule has 0 radical (unpaired) electrons. The predicted molar refractivity (Wildman–Crippen MR) is 214 cm³/mol. The number of unbranched alkanes of at least 4 members (excludes halogenated alkanes) is 14. The molecule has 0 spiro atoms. The van der Waals surface area contributed by atoms with Crippen LogP contribution in [0, 0.1) is 0 Å². The molecule has 0 bridgehead atoms. The second-order valence-corrected chi connectivity index (χ2v) is 15.7. The van der Waals surface area contributed by atoms with Crippen molar-refractivity contribution in [3.8, 4) is 11.8 Å². The highest BCUT2D eigenvalue weighted by molar-refractivity contribution is 9.10. The molecule has 0 aromatic carbocycles. The molecule has 2 N–H and O–H groups in total. The van der Waals surface area contributed by atoms with Crippen LogP contribution in [0.4, 0.5) is 0 Å². The van der Waals surface area contributed by atoms with Gasteiger partial charge in [0.2, 0.25) is 11.8 Å². The van der Waals surface area contributed by atoms with Crippen LogP contribution in [0.15, 0.2) is 45.6 Å². The highest BCUT2D eigenvalue weighted by Gasteiger charge is 1.99. The molecule has 0 amide bonds. The monoisotopic (exact) mass is 846 g/mol. The number of nitrogens with zero attached hydrogens (tertiary/aromatic N) is 2. The van der Waals surface area contributed by atoms with Crippen LogP contribution in [-0.2, 0) is 0 Å². The van der Waals surface area contributed by atoms with E-state index in [9.17, 15) is 0 Å². The zero-order chi connectivity index (χ0) is 31.2. The van der Waals surface area contributed by atoms with Crippen LogP contribution in [-0.4, -0.2) is 60.9 Å². The number of pyridine rings is 2. The lowest BCUT2D eigenvalue weighted by molar-refractivity contribution is 0.293. The highest BCUT2D eigenvalue weighted by Crippen LogP contribution is 2.19. The fraction of sp³-hybridized carbons (Fsp3) is 0.706. The van der Waals surface area contributed by atoms with Crippen LogP contribution < -0.4 is 20.1 Å². The molecule has 46 heavy (non-hydrogen) atoms. The van der Waals surface area contributed by atoms with E-state index in [1.807, 2.05) is 45.9 Å². The van der Waals surface area contributed by atoms with Gasteiger partial charge in [0.05, 0.1) is 13.2 Å².